The van der Waals surface area contributed by atoms with Crippen LogP contribution in [0.2, 0.25) is 0 Å². The number of carbonyl (C=O) groups excluding carboxylic acids is 2. The quantitative estimate of drug-likeness (QED) is 0.362. The topological polar surface area (TPSA) is 119 Å². The molecular formula is C18H9F3N4O5. The Morgan fingerprint density at radius 1 is 1.07 bits per heavy atom. The molecule has 30 heavy (non-hydrogen) atoms. The number of benzene rings is 2. The van der Waals surface area contributed by atoms with E-state index in [4.69, 9.17) is 4.52 Å². The molecule has 4 rings (SSSR count). The number of nitro benzene ring substituents is 1. The van der Waals surface area contributed by atoms with Crippen LogP contribution in [0.25, 0.3) is 11.4 Å². The lowest BCUT2D eigenvalue weighted by Gasteiger charge is -2.09. The van der Waals surface area contributed by atoms with Crippen LogP contribution >= 0.6 is 0 Å². The number of alkyl halides is 3. The number of hydrogen-bond donors (Lipinski definition) is 0. The smallest absolute Gasteiger partial charge is 0.337 e. The van der Waals surface area contributed by atoms with Gasteiger partial charge in [0.05, 0.1) is 16.1 Å². The summed E-state index contributed by atoms with van der Waals surface area (Å²) in [7, 11) is 0. The van der Waals surface area contributed by atoms with Gasteiger partial charge in [0, 0.05) is 11.6 Å². The number of halogens is 3. The number of amides is 2. The minimum atomic E-state index is -4.49. The van der Waals surface area contributed by atoms with Crippen LogP contribution in [0.15, 0.2) is 47.0 Å². The first-order chi connectivity index (χ1) is 14.2. The van der Waals surface area contributed by atoms with Crippen LogP contribution in [0.4, 0.5) is 18.9 Å². The van der Waals surface area contributed by atoms with Crippen molar-refractivity contribution in [2.24, 2.45) is 0 Å². The van der Waals surface area contributed by atoms with Gasteiger partial charge in [0.1, 0.15) is 12.1 Å². The van der Waals surface area contributed by atoms with E-state index in [9.17, 15) is 32.9 Å². The Bertz CT molecular complexity index is 1190. The zero-order valence-corrected chi connectivity index (χ0v) is 14.7. The molecule has 2 aromatic carbocycles. The molecule has 0 bridgehead atoms. The van der Waals surface area contributed by atoms with Crippen LogP contribution in [0, 0.1) is 10.1 Å². The molecule has 12 heteroatoms. The highest BCUT2D eigenvalue weighted by Crippen LogP contribution is 2.32. The van der Waals surface area contributed by atoms with Crippen LogP contribution in [-0.4, -0.2) is 31.8 Å². The molecule has 2 amide bonds. The Hall–Kier alpha value is -4.09. The van der Waals surface area contributed by atoms with Crippen molar-refractivity contribution >= 4 is 17.5 Å². The van der Waals surface area contributed by atoms with E-state index in [0.29, 0.717) is 0 Å². The summed E-state index contributed by atoms with van der Waals surface area (Å²) >= 11 is 0. The molecule has 0 unspecified atom stereocenters. The van der Waals surface area contributed by atoms with Crippen molar-refractivity contribution in [2.45, 2.75) is 12.7 Å². The molecule has 1 aliphatic heterocycles. The predicted octanol–water partition coefficient (Wildman–Crippen LogP) is 3.46. The van der Waals surface area contributed by atoms with Crippen LogP contribution < -0.4 is 0 Å². The van der Waals surface area contributed by atoms with Crippen molar-refractivity contribution in [3.05, 3.63) is 75.2 Å². The van der Waals surface area contributed by atoms with E-state index in [2.05, 4.69) is 10.1 Å². The minimum Gasteiger partial charge on any atom is -0.337 e. The number of nitro groups is 1. The molecule has 0 aliphatic carbocycles. The zero-order chi connectivity index (χ0) is 21.6. The van der Waals surface area contributed by atoms with Gasteiger partial charge >= 0.3 is 6.18 Å². The van der Waals surface area contributed by atoms with E-state index in [1.165, 1.54) is 12.1 Å². The van der Waals surface area contributed by atoms with Crippen LogP contribution in [0.5, 0.6) is 0 Å². The third-order valence-corrected chi connectivity index (χ3v) is 4.41. The van der Waals surface area contributed by atoms with E-state index in [1.54, 1.807) is 0 Å². The third-order valence-electron chi connectivity index (χ3n) is 4.41. The number of nitrogens with zero attached hydrogens (tertiary/aromatic N) is 4. The first kappa shape index (κ1) is 19.2. The van der Waals surface area contributed by atoms with Crippen molar-refractivity contribution in [2.75, 3.05) is 0 Å². The maximum absolute atomic E-state index is 12.7. The second kappa shape index (κ2) is 6.76. The van der Waals surface area contributed by atoms with Crippen LogP contribution in [0.1, 0.15) is 32.2 Å². The SMILES string of the molecule is O=C1c2cccc([N+](=O)[O-])c2C(=O)N1Cc1nc(-c2ccc(C(F)(F)F)cc2)no1. The van der Waals surface area contributed by atoms with Crippen LogP contribution in [-0.2, 0) is 12.7 Å². The number of aromatic nitrogens is 2. The third kappa shape index (κ3) is 3.17. The molecule has 2 heterocycles. The Morgan fingerprint density at radius 3 is 2.40 bits per heavy atom. The molecule has 0 N–H and O–H groups in total. The van der Waals surface area contributed by atoms with Gasteiger partial charge in [0.2, 0.25) is 11.7 Å². The Labute approximate surface area is 164 Å². The Balaban J connectivity index is 1.57. The number of rotatable bonds is 4. The highest BCUT2D eigenvalue weighted by molar-refractivity contribution is 6.23. The molecule has 3 aromatic rings. The number of fused-ring (bicyclic) bond motifs is 1. The molecule has 0 saturated heterocycles. The van der Waals surface area contributed by atoms with Gasteiger partial charge in [-0.05, 0) is 18.2 Å². The second-order valence-electron chi connectivity index (χ2n) is 6.24. The summed E-state index contributed by atoms with van der Waals surface area (Å²) < 4.78 is 43.0. The van der Waals surface area contributed by atoms with Gasteiger partial charge in [-0.2, -0.15) is 18.2 Å². The van der Waals surface area contributed by atoms with Gasteiger partial charge in [0.15, 0.2) is 0 Å². The molecule has 152 valence electrons. The molecule has 9 nitrogen and oxygen atoms in total. The molecule has 0 saturated carbocycles. The monoisotopic (exact) mass is 418 g/mol. The van der Waals surface area contributed by atoms with Crippen molar-refractivity contribution in [1.29, 1.82) is 0 Å². The van der Waals surface area contributed by atoms with Crippen molar-refractivity contribution < 1.29 is 32.2 Å². The van der Waals surface area contributed by atoms with Crippen molar-refractivity contribution in [1.82, 2.24) is 15.0 Å². The maximum Gasteiger partial charge on any atom is 0.416 e. The van der Waals surface area contributed by atoms with E-state index < -0.39 is 40.7 Å². The number of imide groups is 1. The minimum absolute atomic E-state index is 0.0404. The standard InChI is InChI=1S/C18H9F3N4O5/c19-18(20,21)10-6-4-9(5-7-10)15-22-13(30-23-15)8-24-16(26)11-2-1-3-12(25(28)29)14(11)17(24)27/h1-7H,8H2. The largest absolute Gasteiger partial charge is 0.416 e. The fourth-order valence-corrected chi connectivity index (χ4v) is 2.99. The Morgan fingerprint density at radius 2 is 1.77 bits per heavy atom. The molecule has 0 spiro atoms. The summed E-state index contributed by atoms with van der Waals surface area (Å²) in [5.74, 6) is -1.84. The lowest BCUT2D eigenvalue weighted by Crippen LogP contribution is -2.29. The van der Waals surface area contributed by atoms with E-state index >= 15 is 0 Å². The molecule has 0 radical (unpaired) electrons. The van der Waals surface area contributed by atoms with Crippen molar-refractivity contribution in [3.63, 3.8) is 0 Å². The lowest BCUT2D eigenvalue weighted by atomic mass is 10.1. The average Bonchev–Trinajstić information content (AvgIpc) is 3.27. The van der Waals surface area contributed by atoms with Gasteiger partial charge in [-0.25, -0.2) is 0 Å². The molecule has 1 aromatic heterocycles. The fourth-order valence-electron chi connectivity index (χ4n) is 2.99. The zero-order valence-electron chi connectivity index (χ0n) is 14.7. The number of carbonyl (C=O) groups is 2. The summed E-state index contributed by atoms with van der Waals surface area (Å²) in [6.07, 6.45) is -4.49. The summed E-state index contributed by atoms with van der Waals surface area (Å²) in [5, 5.41) is 14.8. The number of hydrogen-bond acceptors (Lipinski definition) is 7. The van der Waals surface area contributed by atoms with Crippen molar-refractivity contribution in [3.8, 4) is 11.4 Å². The normalized spacial score (nSPS) is 13.6. The summed E-state index contributed by atoms with van der Waals surface area (Å²) in [6, 6.07) is 7.73. The van der Waals surface area contributed by atoms with Gasteiger partial charge in [-0.15, -0.1) is 0 Å². The molecule has 0 atom stereocenters. The Kier molecular flexibility index (Phi) is 4.33. The van der Waals surface area contributed by atoms with Gasteiger partial charge in [0.25, 0.3) is 17.5 Å². The highest BCUT2D eigenvalue weighted by atomic mass is 19.4. The van der Waals surface area contributed by atoms with E-state index in [-0.39, 0.29) is 28.4 Å². The average molecular weight is 418 g/mol. The van der Waals surface area contributed by atoms with Gasteiger partial charge in [-0.3, -0.25) is 24.6 Å². The van der Waals surface area contributed by atoms with E-state index in [1.807, 2.05) is 0 Å². The van der Waals surface area contributed by atoms with Gasteiger partial charge < -0.3 is 4.52 Å². The maximum atomic E-state index is 12.7. The first-order valence-electron chi connectivity index (χ1n) is 8.30. The first-order valence-corrected chi connectivity index (χ1v) is 8.30. The summed E-state index contributed by atoms with van der Waals surface area (Å²) in [4.78, 5) is 40.1. The van der Waals surface area contributed by atoms with Gasteiger partial charge in [-0.1, -0.05) is 23.4 Å². The molecule has 0 fully saturated rings. The molecular weight excluding hydrogens is 409 g/mol. The van der Waals surface area contributed by atoms with E-state index in [0.717, 1.165) is 35.2 Å². The second-order valence-corrected chi connectivity index (χ2v) is 6.24. The summed E-state index contributed by atoms with van der Waals surface area (Å²) in [6.45, 7) is -0.447. The molecule has 1 aliphatic rings. The summed E-state index contributed by atoms with van der Waals surface area (Å²) in [5.41, 5.74) is -1.55. The predicted molar refractivity (Wildman–Crippen MR) is 92.0 cm³/mol. The lowest BCUT2D eigenvalue weighted by molar-refractivity contribution is -0.385. The highest BCUT2D eigenvalue weighted by Gasteiger charge is 2.41. The van der Waals surface area contributed by atoms with Crippen LogP contribution in [0.3, 0.4) is 0 Å². The fraction of sp³-hybridized carbons (Fsp3) is 0.111.